The van der Waals surface area contributed by atoms with Crippen molar-refractivity contribution >= 4 is 28.0 Å². The van der Waals surface area contributed by atoms with Gasteiger partial charge in [-0.1, -0.05) is 30.3 Å². The first-order valence-electron chi connectivity index (χ1n) is 7.26. The normalized spacial score (nSPS) is 13.5. The van der Waals surface area contributed by atoms with Crippen molar-refractivity contribution in [3.63, 3.8) is 0 Å². The van der Waals surface area contributed by atoms with Crippen molar-refractivity contribution in [3.8, 4) is 5.75 Å². The number of ether oxygens (including phenoxy) is 1. The quantitative estimate of drug-likeness (QED) is 0.536. The molecule has 112 valence electrons. The van der Waals surface area contributed by atoms with E-state index in [9.17, 15) is 10.0 Å². The predicted molar refractivity (Wildman–Crippen MR) is 88.7 cm³/mol. The van der Waals surface area contributed by atoms with E-state index in [2.05, 4.69) is 0 Å². The highest BCUT2D eigenvalue weighted by atomic mass is 16.5. The molecule has 0 radical (unpaired) electrons. The Morgan fingerprint density at radius 3 is 2.65 bits per heavy atom. The Labute approximate surface area is 132 Å². The average molecular weight is 303 g/mol. The molecule has 1 aliphatic heterocycles. The lowest BCUT2D eigenvalue weighted by Crippen LogP contribution is -2.16. The van der Waals surface area contributed by atoms with Gasteiger partial charge in [0.05, 0.1) is 12.7 Å². The average Bonchev–Trinajstić information content (AvgIpc) is 2.86. The van der Waals surface area contributed by atoms with Gasteiger partial charge in [0.1, 0.15) is 11.3 Å². The first-order valence-corrected chi connectivity index (χ1v) is 7.26. The summed E-state index contributed by atoms with van der Waals surface area (Å²) in [6.45, 7) is 0. The number of hydrogen-bond donors (Lipinski definition) is 0. The van der Waals surface area contributed by atoms with E-state index >= 15 is 0 Å². The van der Waals surface area contributed by atoms with Crippen molar-refractivity contribution in [2.24, 2.45) is 0 Å². The van der Waals surface area contributed by atoms with Crippen LogP contribution in [-0.2, 0) is 0 Å². The second-order valence-corrected chi connectivity index (χ2v) is 5.38. The fraction of sp³-hybridized carbons (Fsp3) is 0.0526. The van der Waals surface area contributed by atoms with Gasteiger partial charge in [0.15, 0.2) is 0 Å². The maximum absolute atomic E-state index is 12.9. The Kier molecular flexibility index (Phi) is 2.91. The van der Waals surface area contributed by atoms with Gasteiger partial charge in [-0.25, -0.2) is 0 Å². The summed E-state index contributed by atoms with van der Waals surface area (Å²) in [4.78, 5) is 12.9. The molecular formula is C19H13NO3. The standard InChI is InChI=1S/C19H13NO3/c1-23-14-7-4-6-13(11-14)18-19(21)17-15-8-3-2-5-12(15)9-10-16(17)20(18)22/h2-11H,1H3. The van der Waals surface area contributed by atoms with Crippen LogP contribution < -0.4 is 4.74 Å². The molecule has 0 fully saturated rings. The van der Waals surface area contributed by atoms with Crippen LogP contribution in [0.15, 0.2) is 60.7 Å². The van der Waals surface area contributed by atoms with Gasteiger partial charge >= 0.3 is 0 Å². The largest absolute Gasteiger partial charge is 0.618 e. The number of methoxy groups -OCH3 is 1. The molecule has 0 bridgehead atoms. The minimum Gasteiger partial charge on any atom is -0.618 e. The number of Topliss-reactive ketones (excluding diaryl/α,β-unsaturated/α-hetero) is 1. The van der Waals surface area contributed by atoms with E-state index in [1.165, 1.54) is 0 Å². The van der Waals surface area contributed by atoms with Gasteiger partial charge in [-0.3, -0.25) is 4.79 Å². The third-order valence-corrected chi connectivity index (χ3v) is 4.11. The number of rotatable bonds is 2. The maximum Gasteiger partial charge on any atom is 0.273 e. The van der Waals surface area contributed by atoms with Crippen LogP contribution >= 0.6 is 0 Å². The van der Waals surface area contributed by atoms with E-state index in [0.29, 0.717) is 22.6 Å². The van der Waals surface area contributed by atoms with Gasteiger partial charge in [0.2, 0.25) is 5.69 Å². The first kappa shape index (κ1) is 13.5. The second-order valence-electron chi connectivity index (χ2n) is 5.38. The highest BCUT2D eigenvalue weighted by Crippen LogP contribution is 2.34. The zero-order valence-electron chi connectivity index (χ0n) is 12.4. The molecule has 1 heterocycles. The van der Waals surface area contributed by atoms with Crippen LogP contribution in [0.4, 0.5) is 5.69 Å². The molecular weight excluding hydrogens is 290 g/mol. The van der Waals surface area contributed by atoms with Crippen LogP contribution in [0, 0.1) is 5.21 Å². The Morgan fingerprint density at radius 1 is 1.00 bits per heavy atom. The molecule has 4 nitrogen and oxygen atoms in total. The van der Waals surface area contributed by atoms with Crippen molar-refractivity contribution in [3.05, 3.63) is 77.0 Å². The monoisotopic (exact) mass is 303 g/mol. The lowest BCUT2D eigenvalue weighted by molar-refractivity contribution is -0.355. The van der Waals surface area contributed by atoms with Gasteiger partial charge in [-0.2, -0.15) is 4.74 Å². The number of hydrogen-bond acceptors (Lipinski definition) is 3. The molecule has 0 saturated heterocycles. The fourth-order valence-corrected chi connectivity index (χ4v) is 3.02. The van der Waals surface area contributed by atoms with Crippen molar-refractivity contribution in [1.82, 2.24) is 0 Å². The molecule has 0 aliphatic carbocycles. The molecule has 0 saturated carbocycles. The van der Waals surface area contributed by atoms with Crippen molar-refractivity contribution in [2.45, 2.75) is 0 Å². The van der Waals surface area contributed by atoms with E-state index in [1.807, 2.05) is 30.3 Å². The summed E-state index contributed by atoms with van der Waals surface area (Å²) in [6, 6.07) is 18.1. The van der Waals surface area contributed by atoms with Crippen molar-refractivity contribution in [1.29, 1.82) is 0 Å². The third kappa shape index (κ3) is 1.92. The molecule has 0 amide bonds. The zero-order chi connectivity index (χ0) is 16.0. The molecule has 0 unspecified atom stereocenters. The fourth-order valence-electron chi connectivity index (χ4n) is 3.02. The minimum absolute atomic E-state index is 0.134. The number of ketones is 1. The predicted octanol–water partition coefficient (Wildman–Crippen LogP) is 3.68. The molecule has 0 aromatic heterocycles. The molecule has 23 heavy (non-hydrogen) atoms. The van der Waals surface area contributed by atoms with E-state index in [4.69, 9.17) is 4.74 Å². The summed E-state index contributed by atoms with van der Waals surface area (Å²) in [5.41, 5.74) is 1.56. The summed E-state index contributed by atoms with van der Waals surface area (Å²) in [5.74, 6) is 0.358. The topological polar surface area (TPSA) is 52.4 Å². The molecule has 3 aromatic rings. The van der Waals surface area contributed by atoms with Gasteiger partial charge in [-0.15, -0.1) is 0 Å². The van der Waals surface area contributed by atoms with Gasteiger partial charge in [0, 0.05) is 6.07 Å². The maximum atomic E-state index is 12.9. The Bertz CT molecular complexity index is 989. The summed E-state index contributed by atoms with van der Waals surface area (Å²) in [5, 5.41) is 14.4. The second kappa shape index (κ2) is 4.95. The SMILES string of the molecule is COc1cccc(C2=[N+]([O-])c3ccc4ccccc4c3C2=O)c1. The number of fused-ring (bicyclic) bond motifs is 3. The number of carbonyl (C=O) groups excluding carboxylic acids is 1. The summed E-state index contributed by atoms with van der Waals surface area (Å²) in [7, 11) is 1.55. The van der Waals surface area contributed by atoms with Crippen LogP contribution in [-0.4, -0.2) is 23.3 Å². The molecule has 0 N–H and O–H groups in total. The van der Waals surface area contributed by atoms with Crippen LogP contribution in [0.1, 0.15) is 15.9 Å². The third-order valence-electron chi connectivity index (χ3n) is 4.11. The number of nitrogens with zero attached hydrogens (tertiary/aromatic N) is 1. The van der Waals surface area contributed by atoms with Crippen LogP contribution in [0.5, 0.6) is 5.75 Å². The van der Waals surface area contributed by atoms with Gasteiger partial charge in [0.25, 0.3) is 11.5 Å². The van der Waals surface area contributed by atoms with Crippen LogP contribution in [0.3, 0.4) is 0 Å². The zero-order valence-corrected chi connectivity index (χ0v) is 12.4. The Balaban J connectivity index is 1.95. The Hall–Kier alpha value is -3.14. The summed E-state index contributed by atoms with van der Waals surface area (Å²) >= 11 is 0. The minimum atomic E-state index is -0.250. The van der Waals surface area contributed by atoms with Crippen molar-refractivity contribution in [2.75, 3.05) is 7.11 Å². The lowest BCUT2D eigenvalue weighted by atomic mass is 9.97. The summed E-state index contributed by atoms with van der Waals surface area (Å²) < 4.78 is 5.91. The highest BCUT2D eigenvalue weighted by molar-refractivity contribution is 6.53. The number of carbonyl (C=O) groups is 1. The van der Waals surface area contributed by atoms with Gasteiger partial charge in [-0.05, 0) is 35.0 Å². The van der Waals surface area contributed by atoms with Crippen molar-refractivity contribution < 1.29 is 14.3 Å². The molecule has 4 heteroatoms. The molecule has 4 rings (SSSR count). The van der Waals surface area contributed by atoms with Crippen LogP contribution in [0.25, 0.3) is 10.8 Å². The Morgan fingerprint density at radius 2 is 1.83 bits per heavy atom. The molecule has 0 atom stereocenters. The first-order chi connectivity index (χ1) is 11.2. The molecule has 0 spiro atoms. The highest BCUT2D eigenvalue weighted by Gasteiger charge is 2.38. The smallest absolute Gasteiger partial charge is 0.273 e. The molecule has 3 aromatic carbocycles. The summed E-state index contributed by atoms with van der Waals surface area (Å²) in [6.07, 6.45) is 0. The van der Waals surface area contributed by atoms with E-state index in [0.717, 1.165) is 15.5 Å². The lowest BCUT2D eigenvalue weighted by Gasteiger charge is -2.04. The number of benzene rings is 3. The van der Waals surface area contributed by atoms with Crippen LogP contribution in [0.2, 0.25) is 0 Å². The van der Waals surface area contributed by atoms with Gasteiger partial charge < -0.3 is 9.94 Å². The van der Waals surface area contributed by atoms with E-state index in [-0.39, 0.29) is 11.5 Å². The molecule has 1 aliphatic rings. The van der Waals surface area contributed by atoms with E-state index < -0.39 is 0 Å². The van der Waals surface area contributed by atoms with E-state index in [1.54, 1.807) is 37.4 Å².